The topological polar surface area (TPSA) is 106 Å². The van der Waals surface area contributed by atoms with Crippen molar-refractivity contribution >= 4 is 11.9 Å². The van der Waals surface area contributed by atoms with Crippen molar-refractivity contribution in [2.24, 2.45) is 10.7 Å². The number of amides is 1. The maximum atomic E-state index is 13.3. The zero-order valence-electron chi connectivity index (χ0n) is 18.2. The smallest absolute Gasteiger partial charge is 0.239 e. The first-order valence-corrected chi connectivity index (χ1v) is 10.3. The van der Waals surface area contributed by atoms with E-state index in [2.05, 4.69) is 43.8 Å². The van der Waals surface area contributed by atoms with Crippen LogP contribution in [0, 0.1) is 23.2 Å². The first-order valence-electron chi connectivity index (χ1n) is 10.3. The summed E-state index contributed by atoms with van der Waals surface area (Å²) in [7, 11) is 1.66. The molecule has 2 atom stereocenters. The zero-order chi connectivity index (χ0) is 22.8. The number of carbonyl (C=O) groups excluding carboxylic acids is 1. The highest BCUT2D eigenvalue weighted by molar-refractivity contribution is 6.02. The fourth-order valence-electron chi connectivity index (χ4n) is 4.60. The van der Waals surface area contributed by atoms with Crippen molar-refractivity contribution in [2.75, 3.05) is 7.05 Å². The van der Waals surface area contributed by atoms with E-state index in [4.69, 9.17) is 16.0 Å². The third-order valence-electron chi connectivity index (χ3n) is 6.80. The van der Waals surface area contributed by atoms with Crippen molar-refractivity contribution in [3.05, 3.63) is 70.8 Å². The van der Waals surface area contributed by atoms with E-state index < -0.39 is 11.5 Å². The van der Waals surface area contributed by atoms with Crippen LogP contribution in [0.3, 0.4) is 0 Å². The summed E-state index contributed by atoms with van der Waals surface area (Å²) in [5.41, 5.74) is 9.03. The molecule has 0 saturated heterocycles. The van der Waals surface area contributed by atoms with Gasteiger partial charge in [0.1, 0.15) is 5.54 Å². The van der Waals surface area contributed by atoms with Crippen LogP contribution in [-0.4, -0.2) is 23.8 Å². The summed E-state index contributed by atoms with van der Waals surface area (Å²) in [5, 5.41) is 15.8. The number of rotatable bonds is 3. The van der Waals surface area contributed by atoms with Gasteiger partial charge >= 0.3 is 0 Å². The normalized spacial score (nSPS) is 24.1. The summed E-state index contributed by atoms with van der Waals surface area (Å²) in [6.07, 6.45) is 3.68. The SMILES string of the molecule is C#N.CN1C(=O)[C@H](c2ccc(C3(C)CCC3)cc2)[C@@](C)(c2cccc(C#N)c2)N=C1N. The van der Waals surface area contributed by atoms with Gasteiger partial charge in [0.15, 0.2) is 5.96 Å². The molecule has 2 aliphatic rings. The first kappa shape index (κ1) is 22.1. The first-order chi connectivity index (χ1) is 14.8. The van der Waals surface area contributed by atoms with E-state index in [0.717, 1.165) is 11.1 Å². The number of carbonyl (C=O) groups is 1. The Bertz CT molecular complexity index is 1080. The molecule has 6 nitrogen and oxygen atoms in total. The Morgan fingerprint density at radius 1 is 1.13 bits per heavy atom. The van der Waals surface area contributed by atoms with Crippen LogP contribution < -0.4 is 5.73 Å². The molecule has 6 heteroatoms. The van der Waals surface area contributed by atoms with Crippen molar-refractivity contribution < 1.29 is 4.79 Å². The highest BCUT2D eigenvalue weighted by Gasteiger charge is 2.47. The van der Waals surface area contributed by atoms with Crippen LogP contribution in [0.4, 0.5) is 0 Å². The van der Waals surface area contributed by atoms with E-state index in [1.54, 1.807) is 19.2 Å². The molecule has 0 spiro atoms. The van der Waals surface area contributed by atoms with E-state index >= 15 is 0 Å². The van der Waals surface area contributed by atoms with E-state index in [-0.39, 0.29) is 17.3 Å². The van der Waals surface area contributed by atoms with Gasteiger partial charge in [-0.15, -0.1) is 0 Å². The van der Waals surface area contributed by atoms with Crippen LogP contribution in [0.2, 0.25) is 0 Å². The average molecular weight is 414 g/mol. The second kappa shape index (κ2) is 8.24. The number of nitrogens with two attached hydrogens (primary N) is 1. The lowest BCUT2D eigenvalue weighted by Crippen LogP contribution is -2.52. The van der Waals surface area contributed by atoms with Gasteiger partial charge in [-0.1, -0.05) is 49.7 Å². The van der Waals surface area contributed by atoms with Crippen molar-refractivity contribution in [1.82, 2.24) is 4.90 Å². The fourth-order valence-corrected chi connectivity index (χ4v) is 4.60. The lowest BCUT2D eigenvalue weighted by atomic mass is 9.65. The van der Waals surface area contributed by atoms with Gasteiger partial charge in [0, 0.05) is 13.6 Å². The van der Waals surface area contributed by atoms with Crippen LogP contribution >= 0.6 is 0 Å². The Kier molecular flexibility index (Phi) is 5.86. The van der Waals surface area contributed by atoms with Crippen molar-refractivity contribution in [2.45, 2.75) is 50.0 Å². The summed E-state index contributed by atoms with van der Waals surface area (Å²) >= 11 is 0. The zero-order valence-corrected chi connectivity index (χ0v) is 18.2. The van der Waals surface area contributed by atoms with E-state index in [1.807, 2.05) is 19.1 Å². The molecule has 1 aliphatic carbocycles. The Hall–Kier alpha value is -3.64. The van der Waals surface area contributed by atoms with E-state index in [9.17, 15) is 10.1 Å². The van der Waals surface area contributed by atoms with Gasteiger partial charge in [-0.2, -0.15) is 5.26 Å². The largest absolute Gasteiger partial charge is 0.369 e. The minimum absolute atomic E-state index is 0.0926. The quantitative estimate of drug-likeness (QED) is 0.823. The number of likely N-dealkylation sites (N-methyl/N-ethyl adjacent to an activating group) is 1. The Morgan fingerprint density at radius 2 is 1.77 bits per heavy atom. The molecule has 2 N–H and O–H groups in total. The molecule has 0 radical (unpaired) electrons. The van der Waals surface area contributed by atoms with Gasteiger partial charge in [0.25, 0.3) is 0 Å². The van der Waals surface area contributed by atoms with Crippen LogP contribution in [0.5, 0.6) is 0 Å². The fraction of sp³-hybridized carbons (Fsp3) is 0.360. The third-order valence-corrected chi connectivity index (χ3v) is 6.80. The molecule has 2 aromatic carbocycles. The standard InChI is InChI=1S/C24H26N4O.CHN/c1-23(12-5-13-23)18-10-8-17(9-11-18)20-21(29)28(3)22(26)27-24(20,2)19-7-4-6-16(14-19)15-25;1-2/h4,6-11,14,20H,5,12-13H2,1-3H3,(H2,26,27);1H/t20-,24+;/m0./s1. The monoisotopic (exact) mass is 413 g/mol. The Labute approximate surface area is 183 Å². The number of benzene rings is 2. The Balaban J connectivity index is 0.00000132. The summed E-state index contributed by atoms with van der Waals surface area (Å²) in [4.78, 5) is 19.5. The maximum Gasteiger partial charge on any atom is 0.239 e. The molecule has 31 heavy (non-hydrogen) atoms. The molecule has 1 amide bonds. The number of aliphatic imine (C=N–C) groups is 1. The van der Waals surface area contributed by atoms with Crippen LogP contribution in [0.15, 0.2) is 53.5 Å². The molecule has 1 fully saturated rings. The van der Waals surface area contributed by atoms with Crippen molar-refractivity contribution in [1.29, 1.82) is 10.5 Å². The van der Waals surface area contributed by atoms with Gasteiger partial charge in [0.05, 0.1) is 17.6 Å². The van der Waals surface area contributed by atoms with Gasteiger partial charge in [-0.25, -0.2) is 10.3 Å². The third kappa shape index (κ3) is 3.66. The molecule has 1 aliphatic heterocycles. The number of hydrogen-bond donors (Lipinski definition) is 1. The summed E-state index contributed by atoms with van der Waals surface area (Å²) in [6, 6.07) is 17.9. The molecule has 0 bridgehead atoms. The highest BCUT2D eigenvalue weighted by Crippen LogP contribution is 2.46. The highest BCUT2D eigenvalue weighted by atomic mass is 16.2. The number of hydrogen-bond acceptors (Lipinski definition) is 5. The van der Waals surface area contributed by atoms with Crippen LogP contribution in [0.1, 0.15) is 61.3 Å². The molecule has 1 heterocycles. The molecule has 1 saturated carbocycles. The van der Waals surface area contributed by atoms with Gasteiger partial charge in [-0.3, -0.25) is 9.69 Å². The summed E-state index contributed by atoms with van der Waals surface area (Å²) in [6.45, 7) is 7.72. The molecule has 158 valence electrons. The second-order valence-corrected chi connectivity index (χ2v) is 8.68. The van der Waals surface area contributed by atoms with Crippen molar-refractivity contribution in [3.63, 3.8) is 0 Å². The number of nitriles is 2. The van der Waals surface area contributed by atoms with Gasteiger partial charge in [0.2, 0.25) is 5.91 Å². The minimum atomic E-state index is -0.886. The van der Waals surface area contributed by atoms with Gasteiger partial charge < -0.3 is 5.73 Å². The lowest BCUT2D eigenvalue weighted by molar-refractivity contribution is -0.130. The second-order valence-electron chi connectivity index (χ2n) is 8.68. The minimum Gasteiger partial charge on any atom is -0.369 e. The molecule has 0 aromatic heterocycles. The van der Waals surface area contributed by atoms with E-state index in [1.165, 1.54) is 29.7 Å². The molecular weight excluding hydrogens is 386 g/mol. The lowest BCUT2D eigenvalue weighted by Gasteiger charge is -2.42. The van der Waals surface area contributed by atoms with Crippen LogP contribution in [0.25, 0.3) is 0 Å². The predicted molar refractivity (Wildman–Crippen MR) is 120 cm³/mol. The molecular formula is C25H27N5O. The molecule has 0 unspecified atom stereocenters. The maximum absolute atomic E-state index is 13.3. The predicted octanol–water partition coefficient (Wildman–Crippen LogP) is 3.93. The number of guanidine groups is 1. The van der Waals surface area contributed by atoms with E-state index in [0.29, 0.717) is 5.56 Å². The summed E-state index contributed by atoms with van der Waals surface area (Å²) in [5.74, 6) is -0.420. The van der Waals surface area contributed by atoms with Crippen molar-refractivity contribution in [3.8, 4) is 12.6 Å². The van der Waals surface area contributed by atoms with Gasteiger partial charge in [-0.05, 0) is 54.0 Å². The number of nitrogens with zero attached hydrogens (tertiary/aromatic N) is 4. The molecule has 4 rings (SSSR count). The average Bonchev–Trinajstić information content (AvgIpc) is 2.78. The van der Waals surface area contributed by atoms with Crippen LogP contribution in [-0.2, 0) is 15.7 Å². The summed E-state index contributed by atoms with van der Waals surface area (Å²) < 4.78 is 0. The Morgan fingerprint density at radius 3 is 2.32 bits per heavy atom. The molecule has 2 aromatic rings.